The van der Waals surface area contributed by atoms with Crippen molar-refractivity contribution in [3.8, 4) is 0 Å². The predicted molar refractivity (Wildman–Crippen MR) is 101 cm³/mol. The van der Waals surface area contributed by atoms with E-state index < -0.39 is 16.0 Å². The largest absolute Gasteiger partial charge is 0.465 e. The van der Waals surface area contributed by atoms with Crippen molar-refractivity contribution in [3.63, 3.8) is 0 Å². The highest BCUT2D eigenvalue weighted by Crippen LogP contribution is 2.35. The summed E-state index contributed by atoms with van der Waals surface area (Å²) in [4.78, 5) is 12.2. The van der Waals surface area contributed by atoms with Crippen LogP contribution in [0.2, 0.25) is 0 Å². The number of esters is 1. The molecule has 2 atom stereocenters. The van der Waals surface area contributed by atoms with Gasteiger partial charge in [-0.3, -0.25) is 0 Å². The molecule has 0 radical (unpaired) electrons. The van der Waals surface area contributed by atoms with Crippen LogP contribution in [0.3, 0.4) is 0 Å². The number of nitrogens with one attached hydrogen (secondary N) is 2. The molecule has 0 saturated carbocycles. The van der Waals surface area contributed by atoms with Crippen LogP contribution in [0.25, 0.3) is 10.1 Å². The van der Waals surface area contributed by atoms with Crippen LogP contribution < -0.4 is 10.0 Å². The van der Waals surface area contributed by atoms with Crippen molar-refractivity contribution < 1.29 is 17.9 Å². The van der Waals surface area contributed by atoms with Crippen molar-refractivity contribution in [3.05, 3.63) is 29.1 Å². The molecule has 2 N–H and O–H groups in total. The fraction of sp³-hybridized carbons (Fsp3) is 0.438. The van der Waals surface area contributed by atoms with E-state index in [2.05, 4.69) is 10.0 Å². The quantitative estimate of drug-likeness (QED) is 0.764. The first kappa shape index (κ1) is 20.1. The molecule has 1 aliphatic heterocycles. The Bertz CT molecular complexity index is 866. The molecule has 6 nitrogen and oxygen atoms in total. The molecule has 1 aliphatic rings. The minimum absolute atomic E-state index is 0. The smallest absolute Gasteiger partial charge is 0.349 e. The summed E-state index contributed by atoms with van der Waals surface area (Å²) in [5.74, 6) is -0.449. The zero-order valence-electron chi connectivity index (χ0n) is 13.9. The molecular weight excluding hydrogens is 384 g/mol. The van der Waals surface area contributed by atoms with E-state index in [1.807, 2.05) is 13.0 Å². The lowest BCUT2D eigenvalue weighted by atomic mass is 9.97. The maximum Gasteiger partial charge on any atom is 0.349 e. The van der Waals surface area contributed by atoms with Gasteiger partial charge in [-0.2, -0.15) is 0 Å². The van der Waals surface area contributed by atoms with E-state index in [4.69, 9.17) is 4.74 Å². The third-order valence-corrected chi connectivity index (χ3v) is 7.14. The summed E-state index contributed by atoms with van der Waals surface area (Å²) in [6, 6.07) is 6.96. The molecule has 1 fully saturated rings. The molecule has 1 aromatic heterocycles. The molecule has 0 aliphatic carbocycles. The molecule has 0 spiro atoms. The Morgan fingerprint density at radius 3 is 2.76 bits per heavy atom. The molecule has 138 valence electrons. The molecule has 1 saturated heterocycles. The van der Waals surface area contributed by atoms with Crippen molar-refractivity contribution in [2.45, 2.75) is 24.3 Å². The van der Waals surface area contributed by atoms with Crippen LogP contribution in [0.5, 0.6) is 0 Å². The van der Waals surface area contributed by atoms with Gasteiger partial charge in [-0.15, -0.1) is 23.7 Å². The van der Waals surface area contributed by atoms with Crippen molar-refractivity contribution >= 4 is 49.8 Å². The lowest BCUT2D eigenvalue weighted by Crippen LogP contribution is -2.48. The first-order valence-corrected chi connectivity index (χ1v) is 10.1. The van der Waals surface area contributed by atoms with Gasteiger partial charge in [0.1, 0.15) is 9.77 Å². The van der Waals surface area contributed by atoms with Crippen molar-refractivity contribution in [1.29, 1.82) is 0 Å². The van der Waals surface area contributed by atoms with Crippen LogP contribution in [-0.2, 0) is 14.8 Å². The van der Waals surface area contributed by atoms with E-state index in [1.165, 1.54) is 7.11 Å². The van der Waals surface area contributed by atoms with Crippen LogP contribution >= 0.6 is 23.7 Å². The van der Waals surface area contributed by atoms with E-state index in [0.29, 0.717) is 5.39 Å². The fourth-order valence-corrected chi connectivity index (χ4v) is 6.16. The van der Waals surface area contributed by atoms with Gasteiger partial charge in [0.2, 0.25) is 10.0 Å². The summed E-state index contributed by atoms with van der Waals surface area (Å²) in [6.07, 6.45) is 0.718. The number of rotatable bonds is 4. The van der Waals surface area contributed by atoms with E-state index in [0.717, 1.165) is 35.5 Å². The van der Waals surface area contributed by atoms with Gasteiger partial charge in [0.15, 0.2) is 0 Å². The normalized spacial score (nSPS) is 20.9. The maximum absolute atomic E-state index is 13.0. The molecule has 0 amide bonds. The maximum atomic E-state index is 13.0. The van der Waals surface area contributed by atoms with Crippen LogP contribution in [0.4, 0.5) is 0 Å². The van der Waals surface area contributed by atoms with Crippen molar-refractivity contribution in [2.75, 3.05) is 20.2 Å². The molecule has 9 heteroatoms. The highest BCUT2D eigenvalue weighted by Gasteiger charge is 2.32. The molecular formula is C16H21ClN2O4S2. The lowest BCUT2D eigenvalue weighted by Gasteiger charge is -2.30. The molecule has 2 aromatic rings. The number of piperidine rings is 1. The number of sulfonamides is 1. The minimum atomic E-state index is -3.83. The van der Waals surface area contributed by atoms with Gasteiger partial charge in [0, 0.05) is 16.1 Å². The summed E-state index contributed by atoms with van der Waals surface area (Å²) in [6.45, 7) is 3.54. The molecule has 1 aromatic carbocycles. The Morgan fingerprint density at radius 2 is 2.08 bits per heavy atom. The topological polar surface area (TPSA) is 84.5 Å². The number of benzene rings is 1. The zero-order chi connectivity index (χ0) is 17.3. The highest BCUT2D eigenvalue weighted by molar-refractivity contribution is 7.90. The van der Waals surface area contributed by atoms with Gasteiger partial charge in [-0.1, -0.05) is 25.1 Å². The third kappa shape index (κ3) is 3.98. The summed E-state index contributed by atoms with van der Waals surface area (Å²) >= 11 is 1.14. The number of fused-ring (bicyclic) bond motifs is 1. The zero-order valence-corrected chi connectivity index (χ0v) is 16.4. The van der Waals surface area contributed by atoms with Gasteiger partial charge in [-0.25, -0.2) is 17.9 Å². The number of methoxy groups -OCH3 is 1. The number of ether oxygens (including phenoxy) is 1. The number of hydrogen-bond donors (Lipinski definition) is 2. The summed E-state index contributed by atoms with van der Waals surface area (Å²) < 4.78 is 34.4. The monoisotopic (exact) mass is 404 g/mol. The van der Waals surface area contributed by atoms with Crippen LogP contribution in [-0.4, -0.2) is 40.6 Å². The number of thiophene rings is 1. The summed E-state index contributed by atoms with van der Waals surface area (Å²) in [5.41, 5.74) is 0. The number of hydrogen-bond acceptors (Lipinski definition) is 6. The van der Waals surface area contributed by atoms with Crippen molar-refractivity contribution in [2.24, 2.45) is 5.92 Å². The average molecular weight is 405 g/mol. The van der Waals surface area contributed by atoms with Gasteiger partial charge >= 0.3 is 5.97 Å². The first-order chi connectivity index (χ1) is 11.4. The van der Waals surface area contributed by atoms with E-state index >= 15 is 0 Å². The molecule has 25 heavy (non-hydrogen) atoms. The Morgan fingerprint density at radius 1 is 1.36 bits per heavy atom. The number of carbonyl (C=O) groups excluding carboxylic acids is 1. The third-order valence-electron chi connectivity index (χ3n) is 4.28. The second-order valence-electron chi connectivity index (χ2n) is 5.95. The standard InChI is InChI=1S/C16H20N2O4S2.ClH/c1-10-9-17-8-7-12(10)18-24(20,21)15-11-5-3-4-6-13(11)23-14(15)16(19)22-2;/h3-6,10,12,17-18H,7-9H2,1-2H3;1H. The van der Waals surface area contributed by atoms with Crippen LogP contribution in [0.1, 0.15) is 23.0 Å². The van der Waals surface area contributed by atoms with Crippen LogP contribution in [0, 0.1) is 5.92 Å². The van der Waals surface area contributed by atoms with Gasteiger partial charge in [0.05, 0.1) is 7.11 Å². The lowest BCUT2D eigenvalue weighted by molar-refractivity contribution is 0.0602. The number of halogens is 1. The highest BCUT2D eigenvalue weighted by atomic mass is 35.5. The summed E-state index contributed by atoms with van der Waals surface area (Å²) in [5, 5.41) is 3.80. The van der Waals surface area contributed by atoms with Gasteiger partial charge < -0.3 is 10.1 Å². The predicted octanol–water partition coefficient (Wildman–Crippen LogP) is 2.39. The minimum Gasteiger partial charge on any atom is -0.465 e. The van der Waals surface area contributed by atoms with Gasteiger partial charge in [-0.05, 0) is 31.5 Å². The van der Waals surface area contributed by atoms with Gasteiger partial charge in [0.25, 0.3) is 0 Å². The Labute approximate surface area is 157 Å². The second kappa shape index (κ2) is 8.01. The van der Waals surface area contributed by atoms with Crippen molar-refractivity contribution in [1.82, 2.24) is 10.0 Å². The van der Waals surface area contributed by atoms with E-state index in [-0.39, 0.29) is 34.1 Å². The van der Waals surface area contributed by atoms with Crippen LogP contribution in [0.15, 0.2) is 29.2 Å². The van der Waals surface area contributed by atoms with E-state index in [1.54, 1.807) is 18.2 Å². The number of carbonyl (C=O) groups is 1. The molecule has 2 unspecified atom stereocenters. The van der Waals surface area contributed by atoms with E-state index in [9.17, 15) is 13.2 Å². The SMILES string of the molecule is COC(=O)c1sc2ccccc2c1S(=O)(=O)NC1CCNCC1C.Cl. The Balaban J connectivity index is 0.00000225. The average Bonchev–Trinajstić information content (AvgIpc) is 2.96. The summed E-state index contributed by atoms with van der Waals surface area (Å²) in [7, 11) is -2.57. The Kier molecular flexibility index (Phi) is 6.45. The molecule has 3 rings (SSSR count). The first-order valence-electron chi connectivity index (χ1n) is 7.77. The second-order valence-corrected chi connectivity index (χ2v) is 8.65. The molecule has 2 heterocycles. The fourth-order valence-electron chi connectivity index (χ4n) is 2.96. The molecule has 0 bridgehead atoms. The Hall–Kier alpha value is -1.19.